The second-order valence-electron chi connectivity index (χ2n) is 5.54. The predicted molar refractivity (Wildman–Crippen MR) is 99.8 cm³/mol. The maximum absolute atomic E-state index is 11.8. The average molecular weight is 387 g/mol. The minimum atomic E-state index is -0.374. The molecule has 6 nitrogen and oxygen atoms in total. The number of benzene rings is 2. The summed E-state index contributed by atoms with van der Waals surface area (Å²) >= 11 is 12.8. The fraction of sp³-hybridized carbons (Fsp3) is 0.0556. The van der Waals surface area contributed by atoms with E-state index in [1.165, 1.54) is 10.8 Å². The Balaban J connectivity index is 1.69. The third kappa shape index (κ3) is 3.05. The lowest BCUT2D eigenvalue weighted by molar-refractivity contribution is 0.306. The van der Waals surface area contributed by atoms with Gasteiger partial charge >= 0.3 is 5.69 Å². The summed E-state index contributed by atoms with van der Waals surface area (Å²) in [6, 6.07) is 13.2. The van der Waals surface area contributed by atoms with Crippen LogP contribution in [0.2, 0.25) is 10.0 Å². The van der Waals surface area contributed by atoms with Crippen molar-refractivity contribution in [3.63, 3.8) is 0 Å². The first-order chi connectivity index (χ1) is 12.6. The summed E-state index contributed by atoms with van der Waals surface area (Å²) in [5.41, 5.74) is 2.39. The highest BCUT2D eigenvalue weighted by Gasteiger charge is 2.15. The fourth-order valence-corrected chi connectivity index (χ4v) is 3.21. The van der Waals surface area contributed by atoms with Crippen LogP contribution in [0, 0.1) is 0 Å². The van der Waals surface area contributed by atoms with E-state index in [4.69, 9.17) is 27.9 Å². The van der Waals surface area contributed by atoms with E-state index in [-0.39, 0.29) is 5.69 Å². The van der Waals surface area contributed by atoms with E-state index in [1.54, 1.807) is 18.3 Å². The Morgan fingerprint density at radius 1 is 1.12 bits per heavy atom. The molecule has 130 valence electrons. The third-order valence-corrected chi connectivity index (χ3v) is 4.41. The Morgan fingerprint density at radius 2 is 1.85 bits per heavy atom. The fourth-order valence-electron chi connectivity index (χ4n) is 2.61. The topological polar surface area (TPSA) is 72.3 Å². The van der Waals surface area contributed by atoms with Gasteiger partial charge < -0.3 is 4.74 Å². The molecule has 0 aliphatic heterocycles. The molecule has 0 saturated carbocycles. The van der Waals surface area contributed by atoms with E-state index in [0.29, 0.717) is 39.2 Å². The maximum atomic E-state index is 11.8. The van der Waals surface area contributed by atoms with Gasteiger partial charge in [0.05, 0.1) is 22.6 Å². The van der Waals surface area contributed by atoms with Gasteiger partial charge in [0.2, 0.25) is 0 Å². The van der Waals surface area contributed by atoms with Crippen LogP contribution in [0.1, 0.15) is 5.56 Å². The van der Waals surface area contributed by atoms with Gasteiger partial charge in [-0.05, 0) is 23.3 Å². The summed E-state index contributed by atoms with van der Waals surface area (Å²) in [7, 11) is 0. The Kier molecular flexibility index (Phi) is 4.36. The van der Waals surface area contributed by atoms with Crippen molar-refractivity contribution in [3.05, 3.63) is 81.1 Å². The van der Waals surface area contributed by atoms with Crippen LogP contribution < -0.4 is 10.4 Å². The molecular formula is C18H12Cl2N4O2. The number of aromatic amines is 1. The Labute approximate surface area is 158 Å². The standard InChI is InChI=1S/C18H12Cl2N4O2/c19-14-6-12(13-8-23-24-17(13)21-10-22-18(24)25)7-15(20)16(14)26-9-11-4-2-1-3-5-11/h1-8,10H,9H2,(H,21,22,25). The van der Waals surface area contributed by atoms with E-state index in [0.717, 1.165) is 5.56 Å². The molecule has 4 aromatic rings. The van der Waals surface area contributed by atoms with Crippen molar-refractivity contribution in [2.45, 2.75) is 6.61 Å². The lowest BCUT2D eigenvalue weighted by Crippen LogP contribution is -2.17. The second-order valence-corrected chi connectivity index (χ2v) is 6.36. The minimum absolute atomic E-state index is 0.354. The normalized spacial score (nSPS) is 11.0. The van der Waals surface area contributed by atoms with Crippen molar-refractivity contribution in [3.8, 4) is 16.9 Å². The van der Waals surface area contributed by atoms with Gasteiger partial charge in [0.1, 0.15) is 6.61 Å². The molecule has 0 aliphatic rings. The van der Waals surface area contributed by atoms with E-state index in [9.17, 15) is 4.79 Å². The lowest BCUT2D eigenvalue weighted by atomic mass is 10.1. The van der Waals surface area contributed by atoms with Gasteiger partial charge in [-0.1, -0.05) is 53.5 Å². The number of nitrogens with one attached hydrogen (secondary N) is 1. The van der Waals surface area contributed by atoms with Crippen molar-refractivity contribution >= 4 is 28.8 Å². The molecule has 0 bridgehead atoms. The van der Waals surface area contributed by atoms with E-state index >= 15 is 0 Å². The van der Waals surface area contributed by atoms with Gasteiger partial charge in [0.15, 0.2) is 11.4 Å². The largest absolute Gasteiger partial charge is 0.486 e. The number of ether oxygens (including phenoxy) is 1. The number of rotatable bonds is 4. The average Bonchev–Trinajstić information content (AvgIpc) is 3.07. The predicted octanol–water partition coefficient (Wildman–Crippen LogP) is 3.97. The molecule has 26 heavy (non-hydrogen) atoms. The van der Waals surface area contributed by atoms with E-state index in [2.05, 4.69) is 15.1 Å². The quantitative estimate of drug-likeness (QED) is 0.575. The smallest absolute Gasteiger partial charge is 0.349 e. The molecule has 0 amide bonds. The molecule has 1 N–H and O–H groups in total. The summed E-state index contributed by atoms with van der Waals surface area (Å²) in [4.78, 5) is 18.4. The molecule has 2 heterocycles. The zero-order valence-corrected chi connectivity index (χ0v) is 14.8. The summed E-state index contributed by atoms with van der Waals surface area (Å²) in [6.07, 6.45) is 2.87. The minimum Gasteiger partial charge on any atom is -0.486 e. The van der Waals surface area contributed by atoms with E-state index < -0.39 is 0 Å². The van der Waals surface area contributed by atoms with Crippen molar-refractivity contribution in [1.82, 2.24) is 19.6 Å². The molecule has 0 atom stereocenters. The summed E-state index contributed by atoms with van der Waals surface area (Å²) in [6.45, 7) is 0.354. The van der Waals surface area contributed by atoms with Gasteiger partial charge in [0.25, 0.3) is 0 Å². The summed E-state index contributed by atoms with van der Waals surface area (Å²) < 4.78 is 6.95. The first kappa shape index (κ1) is 16.6. The number of hydrogen-bond donors (Lipinski definition) is 1. The van der Waals surface area contributed by atoms with Crippen LogP contribution >= 0.6 is 23.2 Å². The number of halogens is 2. The molecule has 0 radical (unpaired) electrons. The Morgan fingerprint density at radius 3 is 2.58 bits per heavy atom. The van der Waals surface area contributed by atoms with Crippen molar-refractivity contribution in [2.24, 2.45) is 0 Å². The molecule has 0 spiro atoms. The van der Waals surface area contributed by atoms with Crippen LogP contribution in [0.25, 0.3) is 16.8 Å². The molecule has 0 aliphatic carbocycles. The van der Waals surface area contributed by atoms with Crippen molar-refractivity contribution in [1.29, 1.82) is 0 Å². The molecule has 0 fully saturated rings. The maximum Gasteiger partial charge on any atom is 0.349 e. The zero-order chi connectivity index (χ0) is 18.1. The molecule has 2 aromatic heterocycles. The number of fused-ring (bicyclic) bond motifs is 1. The number of aromatic nitrogens is 4. The van der Waals surface area contributed by atoms with Crippen molar-refractivity contribution < 1.29 is 4.74 Å². The number of hydrogen-bond acceptors (Lipinski definition) is 4. The van der Waals surface area contributed by atoms with Crippen LogP contribution in [0.4, 0.5) is 0 Å². The first-order valence-electron chi connectivity index (χ1n) is 7.71. The Bertz CT molecular complexity index is 1120. The highest BCUT2D eigenvalue weighted by atomic mass is 35.5. The number of nitrogens with zero attached hydrogens (tertiary/aromatic N) is 3. The monoisotopic (exact) mass is 386 g/mol. The number of H-pyrrole nitrogens is 1. The highest BCUT2D eigenvalue weighted by Crippen LogP contribution is 2.38. The third-order valence-electron chi connectivity index (χ3n) is 3.85. The molecular weight excluding hydrogens is 375 g/mol. The van der Waals surface area contributed by atoms with Crippen LogP contribution in [-0.2, 0) is 6.61 Å². The molecule has 4 rings (SSSR count). The Hall–Kier alpha value is -2.83. The summed E-state index contributed by atoms with van der Waals surface area (Å²) in [5.74, 6) is 0.406. The van der Waals surface area contributed by atoms with Crippen LogP contribution in [0.3, 0.4) is 0 Å². The van der Waals surface area contributed by atoms with Gasteiger partial charge in [-0.15, -0.1) is 0 Å². The highest BCUT2D eigenvalue weighted by molar-refractivity contribution is 6.37. The van der Waals surface area contributed by atoms with Gasteiger partial charge in [0, 0.05) is 5.56 Å². The van der Waals surface area contributed by atoms with Crippen LogP contribution in [0.15, 0.2) is 59.8 Å². The lowest BCUT2D eigenvalue weighted by Gasteiger charge is -2.11. The van der Waals surface area contributed by atoms with Crippen molar-refractivity contribution in [2.75, 3.05) is 0 Å². The van der Waals surface area contributed by atoms with Crippen LogP contribution in [-0.4, -0.2) is 19.6 Å². The molecule has 0 saturated heterocycles. The van der Waals surface area contributed by atoms with Crippen LogP contribution in [0.5, 0.6) is 5.75 Å². The first-order valence-corrected chi connectivity index (χ1v) is 8.46. The van der Waals surface area contributed by atoms with Gasteiger partial charge in [-0.3, -0.25) is 4.98 Å². The second kappa shape index (κ2) is 6.82. The molecule has 8 heteroatoms. The zero-order valence-electron chi connectivity index (χ0n) is 13.3. The van der Waals surface area contributed by atoms with Gasteiger partial charge in [-0.25, -0.2) is 9.78 Å². The molecule has 0 unspecified atom stereocenters. The SMILES string of the molecule is O=c1[nH]cnc2c(-c3cc(Cl)c(OCc4ccccc4)c(Cl)c3)cnn12. The van der Waals surface area contributed by atoms with Gasteiger partial charge in [-0.2, -0.15) is 9.61 Å². The molecule has 2 aromatic carbocycles. The van der Waals surface area contributed by atoms with E-state index in [1.807, 2.05) is 30.3 Å². The summed E-state index contributed by atoms with van der Waals surface area (Å²) in [5, 5.41) is 4.78.